The van der Waals surface area contributed by atoms with Gasteiger partial charge in [-0.15, -0.1) is 0 Å². The molecule has 142 valence electrons. The first-order valence-electron chi connectivity index (χ1n) is 11.7. The van der Waals surface area contributed by atoms with Crippen molar-refractivity contribution in [2.24, 2.45) is 23.7 Å². The highest BCUT2D eigenvalue weighted by atomic mass is 16.1. The fourth-order valence-corrected chi connectivity index (χ4v) is 6.97. The lowest BCUT2D eigenvalue weighted by Crippen LogP contribution is -3.18. The van der Waals surface area contributed by atoms with Crippen molar-refractivity contribution in [1.82, 2.24) is 0 Å². The second-order valence-corrected chi connectivity index (χ2v) is 9.85. The van der Waals surface area contributed by atoms with E-state index in [9.17, 15) is 4.79 Å². The number of Topliss-reactive ketones (excluding diaryl/α,β-unsaturated/α-hetero) is 1. The van der Waals surface area contributed by atoms with Crippen molar-refractivity contribution >= 4 is 5.78 Å². The standard InChI is InChI=1S/C23H39NO/c25-23(17-24-16-6-10-20-9-4-5-11-22(20)24)21-14-12-19(13-15-21)18-7-2-1-3-8-18/h18-22H,1-17H2/p+1. The zero-order valence-corrected chi connectivity index (χ0v) is 16.3. The maximum Gasteiger partial charge on any atom is 0.189 e. The average Bonchev–Trinajstić information content (AvgIpc) is 2.69. The molecular weight excluding hydrogens is 306 g/mol. The van der Waals surface area contributed by atoms with Gasteiger partial charge < -0.3 is 4.90 Å². The van der Waals surface area contributed by atoms with E-state index in [1.165, 1.54) is 103 Å². The van der Waals surface area contributed by atoms with Gasteiger partial charge in [-0.05, 0) is 69.6 Å². The Bertz CT molecular complexity index is 431. The molecule has 1 N–H and O–H groups in total. The smallest absolute Gasteiger partial charge is 0.189 e. The summed E-state index contributed by atoms with van der Waals surface area (Å²) in [6.07, 6.45) is 20.9. The van der Waals surface area contributed by atoms with Gasteiger partial charge in [0.1, 0.15) is 6.54 Å². The van der Waals surface area contributed by atoms with Crippen LogP contribution in [0.25, 0.3) is 0 Å². The number of ketones is 1. The van der Waals surface area contributed by atoms with Crippen LogP contribution in [0.15, 0.2) is 0 Å². The van der Waals surface area contributed by atoms with E-state index < -0.39 is 0 Å². The number of fused-ring (bicyclic) bond motifs is 1. The van der Waals surface area contributed by atoms with Crippen molar-refractivity contribution in [3.05, 3.63) is 0 Å². The number of hydrogen-bond acceptors (Lipinski definition) is 1. The van der Waals surface area contributed by atoms with Gasteiger partial charge in [-0.25, -0.2) is 0 Å². The molecule has 0 bridgehead atoms. The van der Waals surface area contributed by atoms with Crippen LogP contribution in [-0.2, 0) is 4.79 Å². The lowest BCUT2D eigenvalue weighted by atomic mass is 9.70. The monoisotopic (exact) mass is 346 g/mol. The molecule has 4 fully saturated rings. The van der Waals surface area contributed by atoms with Crippen LogP contribution in [0.1, 0.15) is 96.3 Å². The number of hydrogen-bond donors (Lipinski definition) is 1. The van der Waals surface area contributed by atoms with Crippen LogP contribution in [0.3, 0.4) is 0 Å². The predicted octanol–water partition coefficient (Wildman–Crippen LogP) is 4.18. The highest BCUT2D eigenvalue weighted by Gasteiger charge is 2.39. The molecule has 0 aromatic heterocycles. The van der Waals surface area contributed by atoms with E-state index in [1.54, 1.807) is 4.90 Å². The van der Waals surface area contributed by atoms with Crippen molar-refractivity contribution in [3.8, 4) is 0 Å². The van der Waals surface area contributed by atoms with Gasteiger partial charge in [0.05, 0.1) is 12.6 Å². The molecule has 0 aromatic rings. The van der Waals surface area contributed by atoms with Crippen LogP contribution in [0.2, 0.25) is 0 Å². The van der Waals surface area contributed by atoms with Crippen molar-refractivity contribution in [2.75, 3.05) is 13.1 Å². The molecule has 3 atom stereocenters. The molecule has 4 aliphatic rings. The molecule has 1 saturated heterocycles. The van der Waals surface area contributed by atoms with Crippen LogP contribution >= 0.6 is 0 Å². The Morgan fingerprint density at radius 3 is 2.04 bits per heavy atom. The van der Waals surface area contributed by atoms with Crippen LogP contribution < -0.4 is 4.90 Å². The van der Waals surface area contributed by atoms with Crippen molar-refractivity contribution < 1.29 is 9.69 Å². The van der Waals surface area contributed by atoms with Gasteiger partial charge in [0.2, 0.25) is 0 Å². The fraction of sp³-hybridized carbons (Fsp3) is 0.957. The quantitative estimate of drug-likeness (QED) is 0.810. The predicted molar refractivity (Wildman–Crippen MR) is 103 cm³/mol. The van der Waals surface area contributed by atoms with Crippen LogP contribution in [-0.4, -0.2) is 24.9 Å². The minimum absolute atomic E-state index is 0.413. The van der Waals surface area contributed by atoms with Gasteiger partial charge in [0.15, 0.2) is 5.78 Å². The third-order valence-electron chi connectivity index (χ3n) is 8.45. The maximum absolute atomic E-state index is 13.0. The summed E-state index contributed by atoms with van der Waals surface area (Å²) >= 11 is 0. The summed E-state index contributed by atoms with van der Waals surface area (Å²) in [5.74, 6) is 3.93. The minimum atomic E-state index is 0.413. The zero-order valence-electron chi connectivity index (χ0n) is 16.3. The first-order chi connectivity index (χ1) is 12.3. The Morgan fingerprint density at radius 2 is 1.24 bits per heavy atom. The molecule has 0 radical (unpaired) electrons. The van der Waals surface area contributed by atoms with E-state index in [2.05, 4.69) is 0 Å². The number of nitrogens with one attached hydrogen (secondary N) is 1. The highest BCUT2D eigenvalue weighted by Crippen LogP contribution is 2.40. The normalized spacial score (nSPS) is 40.4. The van der Waals surface area contributed by atoms with Crippen molar-refractivity contribution in [2.45, 2.75) is 102 Å². The molecule has 3 unspecified atom stereocenters. The van der Waals surface area contributed by atoms with Gasteiger partial charge in [-0.3, -0.25) is 4.79 Å². The second kappa shape index (κ2) is 8.55. The molecule has 0 aromatic carbocycles. The molecule has 1 aliphatic heterocycles. The number of carbonyl (C=O) groups excluding carboxylic acids is 1. The Hall–Kier alpha value is -0.370. The largest absolute Gasteiger partial charge is 0.326 e. The van der Waals surface area contributed by atoms with E-state index in [4.69, 9.17) is 0 Å². The second-order valence-electron chi connectivity index (χ2n) is 9.85. The first kappa shape index (κ1) is 18.0. The number of piperidine rings is 1. The fourth-order valence-electron chi connectivity index (χ4n) is 6.97. The lowest BCUT2D eigenvalue weighted by molar-refractivity contribution is -0.928. The van der Waals surface area contributed by atoms with Gasteiger partial charge in [0.25, 0.3) is 0 Å². The van der Waals surface area contributed by atoms with Crippen LogP contribution in [0, 0.1) is 23.7 Å². The summed E-state index contributed by atoms with van der Waals surface area (Å²) in [6, 6.07) is 0.824. The number of rotatable bonds is 4. The molecule has 3 saturated carbocycles. The summed E-state index contributed by atoms with van der Waals surface area (Å²) in [5, 5.41) is 0. The van der Waals surface area contributed by atoms with Gasteiger partial charge in [-0.1, -0.05) is 38.5 Å². The summed E-state index contributed by atoms with van der Waals surface area (Å²) in [7, 11) is 0. The first-order valence-corrected chi connectivity index (χ1v) is 11.7. The number of likely N-dealkylation sites (tertiary alicyclic amines) is 1. The SMILES string of the molecule is O=C(C[NH+]1CCCC2CCCCC21)C1CCC(C2CCCCC2)CC1. The van der Waals surface area contributed by atoms with Crippen molar-refractivity contribution in [3.63, 3.8) is 0 Å². The van der Waals surface area contributed by atoms with Crippen molar-refractivity contribution in [1.29, 1.82) is 0 Å². The van der Waals surface area contributed by atoms with Gasteiger partial charge in [0, 0.05) is 11.8 Å². The Balaban J connectivity index is 1.26. The molecule has 2 heteroatoms. The minimum Gasteiger partial charge on any atom is -0.326 e. The van der Waals surface area contributed by atoms with Crippen LogP contribution in [0.4, 0.5) is 0 Å². The molecular formula is C23H40NO+. The molecule has 0 amide bonds. The summed E-state index contributed by atoms with van der Waals surface area (Å²) < 4.78 is 0. The molecule has 3 aliphatic carbocycles. The topological polar surface area (TPSA) is 21.5 Å². The average molecular weight is 347 g/mol. The Kier molecular flexibility index (Phi) is 6.16. The van der Waals surface area contributed by atoms with E-state index in [-0.39, 0.29) is 0 Å². The Morgan fingerprint density at radius 1 is 0.640 bits per heavy atom. The van der Waals surface area contributed by atoms with E-state index in [0.29, 0.717) is 11.7 Å². The zero-order chi connectivity index (χ0) is 17.1. The highest BCUT2D eigenvalue weighted by molar-refractivity contribution is 5.82. The van der Waals surface area contributed by atoms with E-state index in [1.807, 2.05) is 0 Å². The lowest BCUT2D eigenvalue weighted by Gasteiger charge is -2.41. The molecule has 2 nitrogen and oxygen atoms in total. The van der Waals surface area contributed by atoms with Gasteiger partial charge in [-0.2, -0.15) is 0 Å². The maximum atomic E-state index is 13.0. The third kappa shape index (κ3) is 4.31. The van der Waals surface area contributed by atoms with E-state index >= 15 is 0 Å². The molecule has 1 heterocycles. The van der Waals surface area contributed by atoms with E-state index in [0.717, 1.165) is 30.3 Å². The van der Waals surface area contributed by atoms with Gasteiger partial charge >= 0.3 is 0 Å². The third-order valence-corrected chi connectivity index (χ3v) is 8.45. The molecule has 25 heavy (non-hydrogen) atoms. The summed E-state index contributed by atoms with van der Waals surface area (Å²) in [5.41, 5.74) is 0. The number of carbonyl (C=O) groups is 1. The summed E-state index contributed by atoms with van der Waals surface area (Å²) in [6.45, 7) is 2.13. The number of quaternary nitrogens is 1. The Labute approximate surface area is 155 Å². The summed E-state index contributed by atoms with van der Waals surface area (Å²) in [4.78, 5) is 14.7. The molecule has 0 spiro atoms. The molecule has 4 rings (SSSR count). The van der Waals surface area contributed by atoms with Crippen LogP contribution in [0.5, 0.6) is 0 Å².